The van der Waals surface area contributed by atoms with Gasteiger partial charge in [-0.2, -0.15) is 0 Å². The maximum absolute atomic E-state index is 11.3. The van der Waals surface area contributed by atoms with Crippen molar-refractivity contribution in [3.8, 4) is 0 Å². The van der Waals surface area contributed by atoms with Crippen molar-refractivity contribution >= 4 is 22.7 Å². The first-order valence-electron chi connectivity index (χ1n) is 6.55. The van der Waals surface area contributed by atoms with Crippen molar-refractivity contribution in [2.24, 2.45) is 0 Å². The molecule has 1 heterocycles. The molecule has 3 N–H and O–H groups in total. The first-order valence-corrected chi connectivity index (χ1v) is 6.55. The van der Waals surface area contributed by atoms with Crippen LogP contribution in [0.5, 0.6) is 0 Å². The molecule has 0 saturated carbocycles. The maximum Gasteiger partial charge on any atom is 0.336 e. The van der Waals surface area contributed by atoms with Crippen molar-refractivity contribution in [2.75, 3.05) is 5.32 Å². The van der Waals surface area contributed by atoms with E-state index in [0.717, 1.165) is 0 Å². The van der Waals surface area contributed by atoms with Crippen LogP contribution in [0, 0.1) is 0 Å². The van der Waals surface area contributed by atoms with Crippen molar-refractivity contribution < 1.29 is 15.0 Å². The van der Waals surface area contributed by atoms with E-state index in [1.165, 1.54) is 6.07 Å². The van der Waals surface area contributed by atoms with Gasteiger partial charge in [0.05, 0.1) is 17.2 Å². The second-order valence-electron chi connectivity index (χ2n) is 5.01. The number of hydrogen-bond acceptors (Lipinski definition) is 4. The third-order valence-electron chi connectivity index (χ3n) is 3.04. The number of aromatic carboxylic acids is 1. The maximum atomic E-state index is 11.3. The van der Waals surface area contributed by atoms with E-state index in [4.69, 9.17) is 0 Å². The lowest BCUT2D eigenvalue weighted by atomic mass is 10.1. The Balaban J connectivity index is 2.37. The van der Waals surface area contributed by atoms with Crippen LogP contribution in [0.2, 0.25) is 0 Å². The van der Waals surface area contributed by atoms with E-state index in [9.17, 15) is 15.0 Å². The number of fused-ring (bicyclic) bond motifs is 1. The van der Waals surface area contributed by atoms with Gasteiger partial charge in [-0.1, -0.05) is 18.2 Å². The molecule has 5 heteroatoms. The van der Waals surface area contributed by atoms with Gasteiger partial charge in [0.2, 0.25) is 0 Å². The summed E-state index contributed by atoms with van der Waals surface area (Å²) in [6.45, 7) is 3.64. The molecule has 2 aromatic rings. The van der Waals surface area contributed by atoms with Gasteiger partial charge >= 0.3 is 5.97 Å². The van der Waals surface area contributed by atoms with Crippen LogP contribution >= 0.6 is 0 Å². The highest BCUT2D eigenvalue weighted by Crippen LogP contribution is 2.21. The monoisotopic (exact) mass is 274 g/mol. The van der Waals surface area contributed by atoms with Crippen LogP contribution in [0.15, 0.2) is 30.3 Å². The topological polar surface area (TPSA) is 82.5 Å². The highest BCUT2D eigenvalue weighted by molar-refractivity contribution is 6.03. The predicted molar refractivity (Wildman–Crippen MR) is 78.1 cm³/mol. The number of aromatic nitrogens is 1. The molecule has 0 spiro atoms. The lowest BCUT2D eigenvalue weighted by molar-refractivity contribution is 0.0699. The van der Waals surface area contributed by atoms with Gasteiger partial charge in [0.25, 0.3) is 0 Å². The van der Waals surface area contributed by atoms with E-state index < -0.39 is 12.1 Å². The van der Waals surface area contributed by atoms with Gasteiger partial charge in [0, 0.05) is 11.4 Å². The number of para-hydroxylation sites is 1. The molecule has 0 bridgehead atoms. The molecule has 0 aliphatic rings. The van der Waals surface area contributed by atoms with Gasteiger partial charge in [-0.3, -0.25) is 0 Å². The number of anilines is 1. The van der Waals surface area contributed by atoms with Gasteiger partial charge < -0.3 is 15.5 Å². The number of nitrogens with one attached hydrogen (secondary N) is 1. The molecule has 0 saturated heterocycles. The molecule has 5 nitrogen and oxygen atoms in total. The average molecular weight is 274 g/mol. The van der Waals surface area contributed by atoms with Gasteiger partial charge in [0.15, 0.2) is 0 Å². The Morgan fingerprint density at radius 1 is 1.35 bits per heavy atom. The summed E-state index contributed by atoms with van der Waals surface area (Å²) in [6, 6.07) is 8.68. The molecule has 0 amide bonds. The smallest absolute Gasteiger partial charge is 0.336 e. The van der Waals surface area contributed by atoms with Crippen LogP contribution in [-0.2, 0) is 0 Å². The normalized spacial score (nSPS) is 13.9. The lowest BCUT2D eigenvalue weighted by Gasteiger charge is -2.17. The molecule has 2 atom stereocenters. The van der Waals surface area contributed by atoms with E-state index >= 15 is 0 Å². The zero-order chi connectivity index (χ0) is 14.7. The molecule has 0 fully saturated rings. The molecular weight excluding hydrogens is 256 g/mol. The minimum Gasteiger partial charge on any atom is -0.478 e. The summed E-state index contributed by atoms with van der Waals surface area (Å²) in [4.78, 5) is 15.7. The third kappa shape index (κ3) is 3.24. The molecule has 1 aromatic heterocycles. The van der Waals surface area contributed by atoms with Crippen LogP contribution in [0.1, 0.15) is 30.6 Å². The van der Waals surface area contributed by atoms with Crippen LogP contribution in [0.4, 0.5) is 5.82 Å². The summed E-state index contributed by atoms with van der Waals surface area (Å²) < 4.78 is 0. The van der Waals surface area contributed by atoms with Crippen molar-refractivity contribution in [3.05, 3.63) is 35.9 Å². The summed E-state index contributed by atoms with van der Waals surface area (Å²) in [5.74, 6) is -0.468. The fourth-order valence-electron chi connectivity index (χ4n) is 2.25. The largest absolute Gasteiger partial charge is 0.478 e. The molecule has 106 valence electrons. The van der Waals surface area contributed by atoms with Crippen molar-refractivity contribution in [1.29, 1.82) is 0 Å². The van der Waals surface area contributed by atoms with E-state index in [2.05, 4.69) is 10.3 Å². The van der Waals surface area contributed by atoms with Gasteiger partial charge in [0.1, 0.15) is 5.82 Å². The number of carboxylic acid groups (broad SMARTS) is 1. The van der Waals surface area contributed by atoms with Crippen LogP contribution in [0.3, 0.4) is 0 Å². The quantitative estimate of drug-likeness (QED) is 0.780. The van der Waals surface area contributed by atoms with Crippen LogP contribution < -0.4 is 5.32 Å². The second-order valence-corrected chi connectivity index (χ2v) is 5.01. The summed E-state index contributed by atoms with van der Waals surface area (Å²) in [6.07, 6.45) is 0.147. The van der Waals surface area contributed by atoms with Gasteiger partial charge in [-0.15, -0.1) is 0 Å². The van der Waals surface area contributed by atoms with Crippen LogP contribution in [0.25, 0.3) is 10.9 Å². The Morgan fingerprint density at radius 2 is 2.05 bits per heavy atom. The number of pyridine rings is 1. The third-order valence-corrected chi connectivity index (χ3v) is 3.04. The summed E-state index contributed by atoms with van der Waals surface area (Å²) >= 11 is 0. The first kappa shape index (κ1) is 14.3. The summed E-state index contributed by atoms with van der Waals surface area (Å²) in [5.41, 5.74) is 0.862. The zero-order valence-electron chi connectivity index (χ0n) is 11.5. The fraction of sp³-hybridized carbons (Fsp3) is 0.333. The van der Waals surface area contributed by atoms with Crippen molar-refractivity contribution in [2.45, 2.75) is 32.4 Å². The molecular formula is C15H18N2O3. The number of carbonyl (C=O) groups is 1. The standard InChI is InChI=1S/C15H18N2O3/c1-9(7-10(2)18)16-14-8-12(15(19)20)11-5-3-4-6-13(11)17-14/h3-6,8-10,18H,7H2,1-2H3,(H,16,17)(H,19,20). The number of benzene rings is 1. The fourth-order valence-corrected chi connectivity index (χ4v) is 2.25. The second kappa shape index (κ2) is 5.88. The lowest BCUT2D eigenvalue weighted by Crippen LogP contribution is -2.21. The highest BCUT2D eigenvalue weighted by atomic mass is 16.4. The van der Waals surface area contributed by atoms with E-state index in [-0.39, 0.29) is 11.6 Å². The molecule has 0 aliphatic carbocycles. The van der Waals surface area contributed by atoms with E-state index in [1.807, 2.05) is 13.0 Å². The van der Waals surface area contributed by atoms with E-state index in [1.54, 1.807) is 25.1 Å². The number of hydrogen-bond donors (Lipinski definition) is 3. The number of aliphatic hydroxyl groups excluding tert-OH is 1. The average Bonchev–Trinajstić information content (AvgIpc) is 2.36. The Labute approximate surface area is 117 Å². The Morgan fingerprint density at radius 3 is 2.70 bits per heavy atom. The summed E-state index contributed by atoms with van der Waals surface area (Å²) in [5, 5.41) is 22.4. The molecule has 20 heavy (non-hydrogen) atoms. The minimum absolute atomic E-state index is 0.00491. The molecule has 2 unspecified atom stereocenters. The number of carboxylic acids is 1. The van der Waals surface area contributed by atoms with Crippen molar-refractivity contribution in [1.82, 2.24) is 4.98 Å². The molecule has 2 rings (SSSR count). The first-order chi connectivity index (χ1) is 9.47. The SMILES string of the molecule is CC(O)CC(C)Nc1cc(C(=O)O)c2ccccc2n1. The Hall–Kier alpha value is -2.14. The zero-order valence-corrected chi connectivity index (χ0v) is 11.5. The summed E-state index contributed by atoms with van der Waals surface area (Å²) in [7, 11) is 0. The van der Waals surface area contributed by atoms with Crippen molar-refractivity contribution in [3.63, 3.8) is 0 Å². The number of rotatable bonds is 5. The molecule has 1 aromatic carbocycles. The van der Waals surface area contributed by atoms with Gasteiger partial charge in [-0.05, 0) is 32.4 Å². The molecule has 0 radical (unpaired) electrons. The van der Waals surface area contributed by atoms with Crippen LogP contribution in [-0.4, -0.2) is 33.3 Å². The highest BCUT2D eigenvalue weighted by Gasteiger charge is 2.13. The van der Waals surface area contributed by atoms with Gasteiger partial charge in [-0.25, -0.2) is 9.78 Å². The minimum atomic E-state index is -0.977. The predicted octanol–water partition coefficient (Wildman–Crippen LogP) is 2.50. The number of nitrogens with zero attached hydrogens (tertiary/aromatic N) is 1. The van der Waals surface area contributed by atoms with E-state index in [0.29, 0.717) is 23.1 Å². The molecule has 0 aliphatic heterocycles. The number of aliphatic hydroxyl groups is 1. The Bertz CT molecular complexity index is 626. The Kier molecular flexibility index (Phi) is 4.20.